The lowest BCUT2D eigenvalue weighted by Crippen LogP contribution is -2.25. The first-order valence-corrected chi connectivity index (χ1v) is 5.97. The van der Waals surface area contributed by atoms with Crippen LogP contribution in [0.1, 0.15) is 35.8 Å². The highest BCUT2D eigenvalue weighted by atomic mass is 16.5. The van der Waals surface area contributed by atoms with Gasteiger partial charge < -0.3 is 14.8 Å². The van der Waals surface area contributed by atoms with Gasteiger partial charge in [0.05, 0.1) is 6.42 Å². The van der Waals surface area contributed by atoms with E-state index in [0.717, 1.165) is 12.8 Å². The molecule has 0 saturated carbocycles. The Morgan fingerprint density at radius 2 is 2.17 bits per heavy atom. The summed E-state index contributed by atoms with van der Waals surface area (Å²) >= 11 is 0. The highest BCUT2D eigenvalue weighted by molar-refractivity contribution is 5.70. The molecule has 1 aromatic rings. The molecule has 1 aromatic heterocycles. The number of aromatic amines is 1. The Hall–Kier alpha value is -1.69. The summed E-state index contributed by atoms with van der Waals surface area (Å²) in [7, 11) is 0. The lowest BCUT2D eigenvalue weighted by molar-refractivity contribution is -0.136. The maximum Gasteiger partial charge on any atom is 0.308 e. The van der Waals surface area contributed by atoms with Crippen molar-refractivity contribution >= 4 is 5.97 Å². The van der Waals surface area contributed by atoms with Crippen molar-refractivity contribution in [3.8, 4) is 0 Å². The SMILES string of the molecule is Cc1nc(C2CCOCC2)[nH]c(=O)c1CC(=O)O. The van der Waals surface area contributed by atoms with Gasteiger partial charge in [0.15, 0.2) is 0 Å². The molecule has 0 aliphatic carbocycles. The zero-order chi connectivity index (χ0) is 13.1. The van der Waals surface area contributed by atoms with Gasteiger partial charge in [-0.25, -0.2) is 4.98 Å². The van der Waals surface area contributed by atoms with Crippen LogP contribution in [-0.4, -0.2) is 34.3 Å². The number of aromatic nitrogens is 2. The van der Waals surface area contributed by atoms with Crippen molar-refractivity contribution in [2.45, 2.75) is 32.1 Å². The summed E-state index contributed by atoms with van der Waals surface area (Å²) in [5.41, 5.74) is 0.396. The summed E-state index contributed by atoms with van der Waals surface area (Å²) in [6.07, 6.45) is 1.38. The Morgan fingerprint density at radius 3 is 2.72 bits per heavy atom. The number of nitrogens with one attached hydrogen (secondary N) is 1. The highest BCUT2D eigenvalue weighted by Crippen LogP contribution is 2.23. The van der Waals surface area contributed by atoms with Gasteiger partial charge in [-0.3, -0.25) is 9.59 Å². The van der Waals surface area contributed by atoms with Crippen LogP contribution in [0.5, 0.6) is 0 Å². The van der Waals surface area contributed by atoms with E-state index in [1.54, 1.807) is 6.92 Å². The fourth-order valence-electron chi connectivity index (χ4n) is 2.16. The smallest absolute Gasteiger partial charge is 0.308 e. The van der Waals surface area contributed by atoms with E-state index in [2.05, 4.69) is 9.97 Å². The van der Waals surface area contributed by atoms with Gasteiger partial charge in [0.2, 0.25) is 0 Å². The minimum atomic E-state index is -1.02. The summed E-state index contributed by atoms with van der Waals surface area (Å²) in [4.78, 5) is 29.6. The summed E-state index contributed by atoms with van der Waals surface area (Å²) < 4.78 is 5.26. The van der Waals surface area contributed by atoms with Gasteiger partial charge in [-0.2, -0.15) is 0 Å². The van der Waals surface area contributed by atoms with Crippen LogP contribution >= 0.6 is 0 Å². The van der Waals surface area contributed by atoms with Gasteiger partial charge in [0, 0.05) is 30.4 Å². The van der Waals surface area contributed by atoms with Crippen LogP contribution in [0, 0.1) is 6.92 Å². The van der Waals surface area contributed by atoms with E-state index in [9.17, 15) is 9.59 Å². The number of hydrogen-bond acceptors (Lipinski definition) is 4. The van der Waals surface area contributed by atoms with E-state index in [1.165, 1.54) is 0 Å². The summed E-state index contributed by atoms with van der Waals surface area (Å²) in [5, 5.41) is 8.74. The molecule has 0 aromatic carbocycles. The van der Waals surface area contributed by atoms with Crippen LogP contribution < -0.4 is 5.56 Å². The van der Waals surface area contributed by atoms with Gasteiger partial charge in [0.25, 0.3) is 5.56 Å². The molecule has 2 N–H and O–H groups in total. The molecule has 0 unspecified atom stereocenters. The summed E-state index contributed by atoms with van der Waals surface area (Å²) in [5.74, 6) is -0.178. The molecule has 2 rings (SSSR count). The molecule has 1 saturated heterocycles. The van der Waals surface area contributed by atoms with Crippen molar-refractivity contribution in [3.05, 3.63) is 27.4 Å². The minimum Gasteiger partial charge on any atom is -0.481 e. The second-order valence-corrected chi connectivity index (χ2v) is 4.47. The third-order valence-corrected chi connectivity index (χ3v) is 3.18. The monoisotopic (exact) mass is 252 g/mol. The second-order valence-electron chi connectivity index (χ2n) is 4.47. The molecular formula is C12H16N2O4. The van der Waals surface area contributed by atoms with E-state index in [-0.39, 0.29) is 23.5 Å². The van der Waals surface area contributed by atoms with E-state index in [0.29, 0.717) is 24.7 Å². The molecule has 98 valence electrons. The van der Waals surface area contributed by atoms with Crippen molar-refractivity contribution in [3.63, 3.8) is 0 Å². The number of aryl methyl sites for hydroxylation is 1. The lowest BCUT2D eigenvalue weighted by atomic mass is 9.99. The summed E-state index contributed by atoms with van der Waals surface area (Å²) in [6.45, 7) is 3.02. The van der Waals surface area contributed by atoms with Crippen LogP contribution in [0.4, 0.5) is 0 Å². The fraction of sp³-hybridized carbons (Fsp3) is 0.583. The Morgan fingerprint density at radius 1 is 1.50 bits per heavy atom. The van der Waals surface area contributed by atoms with Gasteiger partial charge >= 0.3 is 5.97 Å². The van der Waals surface area contributed by atoms with Gasteiger partial charge in [-0.05, 0) is 19.8 Å². The van der Waals surface area contributed by atoms with Gasteiger partial charge in [-0.15, -0.1) is 0 Å². The maximum atomic E-state index is 11.8. The predicted octanol–water partition coefficient (Wildman–Crippen LogP) is 0.599. The van der Waals surface area contributed by atoms with Crippen LogP contribution in [0.2, 0.25) is 0 Å². The molecule has 6 nitrogen and oxygen atoms in total. The Bertz CT molecular complexity index is 503. The third kappa shape index (κ3) is 2.76. The van der Waals surface area contributed by atoms with Crippen LogP contribution in [-0.2, 0) is 16.0 Å². The zero-order valence-corrected chi connectivity index (χ0v) is 10.2. The number of aliphatic carboxylic acids is 1. The molecule has 1 fully saturated rings. The first-order chi connectivity index (χ1) is 8.58. The van der Waals surface area contributed by atoms with E-state index in [1.807, 2.05) is 0 Å². The first-order valence-electron chi connectivity index (χ1n) is 5.97. The largest absolute Gasteiger partial charge is 0.481 e. The topological polar surface area (TPSA) is 92.3 Å². The molecule has 0 spiro atoms. The Kier molecular flexibility index (Phi) is 3.76. The maximum absolute atomic E-state index is 11.8. The van der Waals surface area contributed by atoms with Gasteiger partial charge in [0.1, 0.15) is 5.82 Å². The number of carboxylic acids is 1. The molecule has 1 aliphatic heterocycles. The number of hydrogen-bond donors (Lipinski definition) is 2. The molecule has 0 bridgehead atoms. The van der Waals surface area contributed by atoms with E-state index >= 15 is 0 Å². The average Bonchev–Trinajstić information content (AvgIpc) is 2.34. The number of carbonyl (C=O) groups is 1. The lowest BCUT2D eigenvalue weighted by Gasteiger charge is -2.21. The highest BCUT2D eigenvalue weighted by Gasteiger charge is 2.20. The fourth-order valence-corrected chi connectivity index (χ4v) is 2.16. The zero-order valence-electron chi connectivity index (χ0n) is 10.2. The quantitative estimate of drug-likeness (QED) is 0.821. The minimum absolute atomic E-state index is 0.198. The van der Waals surface area contributed by atoms with E-state index in [4.69, 9.17) is 9.84 Å². The molecule has 18 heavy (non-hydrogen) atoms. The molecular weight excluding hydrogens is 236 g/mol. The van der Waals surface area contributed by atoms with Crippen molar-refractivity contribution in [2.24, 2.45) is 0 Å². The predicted molar refractivity (Wildman–Crippen MR) is 63.7 cm³/mol. The van der Waals surface area contributed by atoms with Crippen LogP contribution in [0.3, 0.4) is 0 Å². The number of nitrogens with zero attached hydrogens (tertiary/aromatic N) is 1. The molecule has 0 radical (unpaired) electrons. The number of H-pyrrole nitrogens is 1. The van der Waals surface area contributed by atoms with Gasteiger partial charge in [-0.1, -0.05) is 0 Å². The average molecular weight is 252 g/mol. The normalized spacial score (nSPS) is 16.7. The van der Waals surface area contributed by atoms with Crippen LogP contribution in [0.15, 0.2) is 4.79 Å². The van der Waals surface area contributed by atoms with E-state index < -0.39 is 5.97 Å². The molecule has 1 aliphatic rings. The van der Waals surface area contributed by atoms with Crippen molar-refractivity contribution in [1.82, 2.24) is 9.97 Å². The number of carboxylic acid groups (broad SMARTS) is 1. The van der Waals surface area contributed by atoms with Crippen LogP contribution in [0.25, 0.3) is 0 Å². The number of rotatable bonds is 3. The van der Waals surface area contributed by atoms with Crippen molar-refractivity contribution in [1.29, 1.82) is 0 Å². The first kappa shape index (κ1) is 12.8. The molecule has 2 heterocycles. The molecule has 0 amide bonds. The Balaban J connectivity index is 2.29. The standard InChI is InChI=1S/C12H16N2O4/c1-7-9(6-10(15)16)12(17)14-11(13-7)8-2-4-18-5-3-8/h8H,2-6H2,1H3,(H,15,16)(H,13,14,17). The Labute approximate surface area is 104 Å². The number of ether oxygens (including phenoxy) is 1. The van der Waals surface area contributed by atoms with Crippen molar-refractivity contribution < 1.29 is 14.6 Å². The molecule has 6 heteroatoms. The third-order valence-electron chi connectivity index (χ3n) is 3.18. The van der Waals surface area contributed by atoms with Crippen molar-refractivity contribution in [2.75, 3.05) is 13.2 Å². The molecule has 0 atom stereocenters. The second kappa shape index (κ2) is 5.30. The summed E-state index contributed by atoms with van der Waals surface area (Å²) in [6, 6.07) is 0.